The van der Waals surface area contributed by atoms with Crippen molar-refractivity contribution in [2.45, 2.75) is 5.03 Å². The second-order valence-corrected chi connectivity index (χ2v) is 8.59. The number of nitrogens with one attached hydrogen (secondary N) is 1. The zero-order chi connectivity index (χ0) is 26.0. The number of carbonyl (C=O) groups is 1. The number of rotatable bonds is 7. The molecule has 2 heterocycles. The highest BCUT2D eigenvalue weighted by atomic mass is 32.2. The van der Waals surface area contributed by atoms with E-state index in [4.69, 9.17) is 4.74 Å². The molecule has 36 heavy (non-hydrogen) atoms. The van der Waals surface area contributed by atoms with E-state index in [1.54, 1.807) is 31.4 Å². The number of anilines is 1. The summed E-state index contributed by atoms with van der Waals surface area (Å²) in [6, 6.07) is 12.4. The number of fused-ring (bicyclic) bond motifs is 1. The van der Waals surface area contributed by atoms with Gasteiger partial charge in [0.15, 0.2) is 11.5 Å². The van der Waals surface area contributed by atoms with Crippen LogP contribution in [-0.4, -0.2) is 42.8 Å². The van der Waals surface area contributed by atoms with Gasteiger partial charge in [0.05, 0.1) is 17.8 Å². The minimum Gasteiger partial charge on any atom is -0.497 e. The first-order valence-corrected chi connectivity index (χ1v) is 11.5. The summed E-state index contributed by atoms with van der Waals surface area (Å²) in [7, 11) is 4.41. The van der Waals surface area contributed by atoms with Crippen LogP contribution in [0.1, 0.15) is 0 Å². The molecule has 0 bridgehead atoms. The van der Waals surface area contributed by atoms with Crippen LogP contribution < -0.4 is 21.3 Å². The van der Waals surface area contributed by atoms with E-state index in [1.807, 2.05) is 0 Å². The summed E-state index contributed by atoms with van der Waals surface area (Å²) in [5.41, 5.74) is -0.0602. The van der Waals surface area contributed by atoms with Crippen LogP contribution in [0.15, 0.2) is 63.1 Å². The molecule has 0 aliphatic heterocycles. The maximum atomic E-state index is 13.0. The van der Waals surface area contributed by atoms with Crippen molar-refractivity contribution in [1.82, 2.24) is 19.1 Å². The number of methoxy groups -OCH3 is 1. The van der Waals surface area contributed by atoms with E-state index in [9.17, 15) is 24.5 Å². The molecule has 0 spiro atoms. The third-order valence-corrected chi connectivity index (χ3v) is 6.29. The largest absolute Gasteiger partial charge is 0.497 e. The van der Waals surface area contributed by atoms with Crippen LogP contribution in [0.5, 0.6) is 5.75 Å². The van der Waals surface area contributed by atoms with E-state index in [2.05, 4.69) is 15.3 Å². The second-order valence-electron chi connectivity index (χ2n) is 7.63. The van der Waals surface area contributed by atoms with Gasteiger partial charge in [-0.15, -0.1) is 0 Å². The second kappa shape index (κ2) is 10.00. The lowest BCUT2D eigenvalue weighted by Gasteiger charge is -2.12. The average Bonchev–Trinajstić information content (AvgIpc) is 2.89. The summed E-state index contributed by atoms with van der Waals surface area (Å²) < 4.78 is 7.40. The molecule has 13 heteroatoms. The number of non-ortho nitro benzene ring substituents is 1. The molecule has 2 aromatic heterocycles. The summed E-state index contributed by atoms with van der Waals surface area (Å²) in [5.74, 6) is 0.384. The van der Waals surface area contributed by atoms with Crippen molar-refractivity contribution in [2.24, 2.45) is 14.1 Å². The molecule has 184 valence electrons. The maximum absolute atomic E-state index is 13.0. The number of nitrogens with zero attached hydrogens (tertiary/aromatic N) is 5. The Bertz CT molecular complexity index is 1600. The Morgan fingerprint density at radius 1 is 1.06 bits per heavy atom. The third-order valence-electron chi connectivity index (χ3n) is 5.32. The lowest BCUT2D eigenvalue weighted by Crippen LogP contribution is -2.37. The minimum absolute atomic E-state index is 0.0950. The molecule has 4 aromatic rings. The molecule has 0 saturated heterocycles. The lowest BCUT2D eigenvalue weighted by molar-refractivity contribution is -0.384. The number of benzene rings is 2. The van der Waals surface area contributed by atoms with Crippen LogP contribution in [0.25, 0.3) is 22.4 Å². The zero-order valence-electron chi connectivity index (χ0n) is 19.4. The topological polar surface area (TPSA) is 151 Å². The predicted octanol–water partition coefficient (Wildman–Crippen LogP) is 2.34. The molecule has 0 aliphatic rings. The molecule has 0 atom stereocenters. The molecule has 12 nitrogen and oxygen atoms in total. The van der Waals surface area contributed by atoms with E-state index < -0.39 is 22.1 Å². The first-order valence-electron chi connectivity index (χ1n) is 10.5. The first kappa shape index (κ1) is 24.6. The Morgan fingerprint density at radius 2 is 1.72 bits per heavy atom. The molecule has 1 N–H and O–H groups in total. The fraction of sp³-hybridized carbons (Fsp3) is 0.174. The number of carbonyl (C=O) groups excluding carboxylic acids is 1. The van der Waals surface area contributed by atoms with Crippen molar-refractivity contribution in [1.29, 1.82) is 0 Å². The summed E-state index contributed by atoms with van der Waals surface area (Å²) in [4.78, 5) is 57.3. The SMILES string of the molecule is COc1ccc(-c2nc(SCC(=O)Nc3ccc([N+](=O)[O-])cc3)c3c(=O)n(C)c(=O)n(C)c3n2)cc1. The average molecular weight is 509 g/mol. The number of nitro benzene ring substituents is 1. The van der Waals surface area contributed by atoms with Crippen molar-refractivity contribution in [3.8, 4) is 17.1 Å². The quantitative estimate of drug-likeness (QED) is 0.172. The fourth-order valence-electron chi connectivity index (χ4n) is 3.40. The van der Waals surface area contributed by atoms with E-state index in [-0.39, 0.29) is 33.3 Å². The predicted molar refractivity (Wildman–Crippen MR) is 134 cm³/mol. The van der Waals surface area contributed by atoms with Gasteiger partial charge >= 0.3 is 5.69 Å². The summed E-state index contributed by atoms with van der Waals surface area (Å²) >= 11 is 1.01. The van der Waals surface area contributed by atoms with Crippen LogP contribution in [0.2, 0.25) is 0 Å². The lowest BCUT2D eigenvalue weighted by atomic mass is 10.2. The van der Waals surface area contributed by atoms with Crippen LogP contribution >= 0.6 is 11.8 Å². The van der Waals surface area contributed by atoms with Crippen molar-refractivity contribution in [2.75, 3.05) is 18.2 Å². The molecule has 0 saturated carbocycles. The molecule has 2 aromatic carbocycles. The summed E-state index contributed by atoms with van der Waals surface area (Å²) in [6.07, 6.45) is 0. The highest BCUT2D eigenvalue weighted by Crippen LogP contribution is 2.27. The number of amides is 1. The van der Waals surface area contributed by atoms with E-state index in [0.29, 0.717) is 17.0 Å². The van der Waals surface area contributed by atoms with E-state index in [1.165, 1.54) is 42.9 Å². The Morgan fingerprint density at radius 3 is 2.33 bits per heavy atom. The Balaban J connectivity index is 1.70. The van der Waals surface area contributed by atoms with Crippen molar-refractivity contribution in [3.05, 3.63) is 79.5 Å². The molecular weight excluding hydrogens is 488 g/mol. The minimum atomic E-state index is -0.576. The van der Waals surface area contributed by atoms with Gasteiger partial charge in [0.25, 0.3) is 11.2 Å². The van der Waals surface area contributed by atoms with Gasteiger partial charge in [-0.25, -0.2) is 14.8 Å². The fourth-order valence-corrected chi connectivity index (χ4v) is 4.21. The Labute approximate surface area is 207 Å². The molecular formula is C23H20N6O6S. The number of aryl methyl sites for hydroxylation is 1. The van der Waals surface area contributed by atoms with Gasteiger partial charge in [-0.05, 0) is 36.4 Å². The standard InChI is InChI=1S/C23H20N6O6S/c1-27-20-18(22(31)28(2)23(27)32)21(26-19(25-20)13-4-10-16(35-3)11-5-13)36-12-17(30)24-14-6-8-15(9-7-14)29(33)34/h4-11H,12H2,1-3H3,(H,24,30). The third kappa shape index (κ3) is 4.81. The monoisotopic (exact) mass is 508 g/mol. The number of hydrogen-bond donors (Lipinski definition) is 1. The highest BCUT2D eigenvalue weighted by Gasteiger charge is 2.19. The van der Waals surface area contributed by atoms with E-state index in [0.717, 1.165) is 16.3 Å². The Hall–Kier alpha value is -4.52. The van der Waals surface area contributed by atoms with Gasteiger partial charge in [0, 0.05) is 37.5 Å². The number of thioether (sulfide) groups is 1. The van der Waals surface area contributed by atoms with Crippen LogP contribution in [0.4, 0.5) is 11.4 Å². The highest BCUT2D eigenvalue weighted by molar-refractivity contribution is 8.00. The van der Waals surface area contributed by atoms with Gasteiger partial charge in [-0.1, -0.05) is 11.8 Å². The number of hydrogen-bond acceptors (Lipinski definition) is 9. The molecule has 0 fully saturated rings. The number of nitro groups is 1. The van der Waals surface area contributed by atoms with Gasteiger partial charge in [0.2, 0.25) is 5.91 Å². The molecule has 0 aliphatic carbocycles. The number of aromatic nitrogens is 4. The normalized spacial score (nSPS) is 10.9. The smallest absolute Gasteiger partial charge is 0.332 e. The maximum Gasteiger partial charge on any atom is 0.332 e. The van der Waals surface area contributed by atoms with E-state index >= 15 is 0 Å². The zero-order valence-corrected chi connectivity index (χ0v) is 20.2. The summed E-state index contributed by atoms with van der Waals surface area (Å²) in [5, 5.41) is 13.8. The molecule has 0 unspecified atom stereocenters. The Kier molecular flexibility index (Phi) is 6.83. The van der Waals surface area contributed by atoms with Gasteiger partial charge < -0.3 is 10.1 Å². The van der Waals surface area contributed by atoms with Crippen molar-refractivity contribution >= 4 is 40.1 Å². The van der Waals surface area contributed by atoms with Gasteiger partial charge in [-0.3, -0.25) is 28.8 Å². The van der Waals surface area contributed by atoms with Crippen LogP contribution in [0.3, 0.4) is 0 Å². The van der Waals surface area contributed by atoms with Gasteiger partial charge in [0.1, 0.15) is 16.2 Å². The van der Waals surface area contributed by atoms with Crippen LogP contribution in [-0.2, 0) is 18.9 Å². The van der Waals surface area contributed by atoms with Crippen molar-refractivity contribution < 1.29 is 14.5 Å². The summed E-state index contributed by atoms with van der Waals surface area (Å²) in [6.45, 7) is 0. The van der Waals surface area contributed by atoms with Crippen molar-refractivity contribution in [3.63, 3.8) is 0 Å². The molecule has 0 radical (unpaired) electrons. The number of ether oxygens (including phenoxy) is 1. The van der Waals surface area contributed by atoms with Gasteiger partial charge in [-0.2, -0.15) is 0 Å². The first-order chi connectivity index (χ1) is 17.2. The molecule has 1 amide bonds. The molecule has 4 rings (SSSR count). The van der Waals surface area contributed by atoms with Crippen LogP contribution in [0, 0.1) is 10.1 Å².